The van der Waals surface area contributed by atoms with Gasteiger partial charge in [0.05, 0.1) is 44.5 Å². The number of fused-ring (bicyclic) bond motifs is 1. The van der Waals surface area contributed by atoms with Crippen LogP contribution in [0.1, 0.15) is 21.6 Å². The van der Waals surface area contributed by atoms with Gasteiger partial charge >= 0.3 is 12.1 Å². The summed E-state index contributed by atoms with van der Waals surface area (Å²) in [6, 6.07) is 10.9. The number of carbonyl (C=O) groups is 2. The van der Waals surface area contributed by atoms with Crippen LogP contribution in [0.5, 0.6) is 0 Å². The number of nitrogens with one attached hydrogen (secondary N) is 3. The molecule has 3 N–H and O–H groups in total. The van der Waals surface area contributed by atoms with Crippen LogP contribution >= 0.6 is 0 Å². The number of aromatic amines is 1. The highest BCUT2D eigenvalue weighted by Gasteiger charge is 2.31. The van der Waals surface area contributed by atoms with Gasteiger partial charge in [-0.3, -0.25) is 4.79 Å². The molecule has 7 nitrogen and oxygen atoms in total. The third-order valence-corrected chi connectivity index (χ3v) is 6.11. The van der Waals surface area contributed by atoms with E-state index in [-0.39, 0.29) is 18.1 Å². The maximum absolute atomic E-state index is 13.0. The van der Waals surface area contributed by atoms with Crippen molar-refractivity contribution in [3.8, 4) is 0 Å². The molecule has 180 valence electrons. The van der Waals surface area contributed by atoms with Gasteiger partial charge < -0.3 is 24.8 Å². The van der Waals surface area contributed by atoms with Gasteiger partial charge in [-0.05, 0) is 36.8 Å². The number of amides is 1. The average molecular weight is 475 g/mol. The van der Waals surface area contributed by atoms with Gasteiger partial charge in [0.15, 0.2) is 6.54 Å². The number of alkyl halides is 3. The number of methoxy groups -OCH3 is 1. The fraction of sp³-hybridized carbons (Fsp3) is 0.333. The van der Waals surface area contributed by atoms with Crippen LogP contribution in [-0.2, 0) is 15.7 Å². The summed E-state index contributed by atoms with van der Waals surface area (Å²) in [5.74, 6) is -0.829. The minimum absolute atomic E-state index is 0.176. The molecule has 1 fully saturated rings. The number of nitrogens with zero attached hydrogens (tertiary/aromatic N) is 1. The predicted octanol–water partition coefficient (Wildman–Crippen LogP) is 2.63. The van der Waals surface area contributed by atoms with E-state index in [9.17, 15) is 22.8 Å². The molecule has 0 aliphatic carbocycles. The number of piperazine rings is 1. The monoisotopic (exact) mass is 475 g/mol. The number of halogens is 3. The van der Waals surface area contributed by atoms with Crippen molar-refractivity contribution in [2.75, 3.05) is 50.1 Å². The molecule has 3 aromatic rings. The number of anilines is 2. The SMILES string of the molecule is COC(=O)c1[nH]c2cccc(C)c2c1NC(=O)C[NH+]1CCN(c2cccc(C(F)(F)F)c2)CC1. The van der Waals surface area contributed by atoms with Crippen molar-refractivity contribution < 1.29 is 32.4 Å². The van der Waals surface area contributed by atoms with Crippen molar-refractivity contribution in [2.45, 2.75) is 13.1 Å². The molecule has 0 spiro atoms. The van der Waals surface area contributed by atoms with Crippen LogP contribution in [0.3, 0.4) is 0 Å². The van der Waals surface area contributed by atoms with Crippen LogP contribution < -0.4 is 15.1 Å². The summed E-state index contributed by atoms with van der Waals surface area (Å²) in [4.78, 5) is 31.1. The quantitative estimate of drug-likeness (QED) is 0.496. The zero-order chi connectivity index (χ0) is 24.5. The molecule has 1 aromatic heterocycles. The molecular weight excluding hydrogens is 449 g/mol. The topological polar surface area (TPSA) is 78.9 Å². The number of esters is 1. The van der Waals surface area contributed by atoms with Gasteiger partial charge in [0.1, 0.15) is 5.69 Å². The van der Waals surface area contributed by atoms with Gasteiger partial charge in [0.25, 0.3) is 5.91 Å². The Morgan fingerprint density at radius 1 is 1.15 bits per heavy atom. The number of rotatable bonds is 5. The summed E-state index contributed by atoms with van der Waals surface area (Å²) in [5, 5.41) is 3.62. The zero-order valence-corrected chi connectivity index (χ0v) is 18.9. The molecule has 0 saturated carbocycles. The molecule has 0 atom stereocenters. The Kier molecular flexibility index (Phi) is 6.52. The third kappa shape index (κ3) is 4.86. The number of hydrogen-bond donors (Lipinski definition) is 3. The van der Waals surface area contributed by atoms with Crippen LogP contribution in [0.4, 0.5) is 24.5 Å². The first-order valence-electron chi connectivity index (χ1n) is 10.9. The Balaban J connectivity index is 1.42. The van der Waals surface area contributed by atoms with E-state index < -0.39 is 17.7 Å². The van der Waals surface area contributed by atoms with Gasteiger partial charge in [0.2, 0.25) is 0 Å². The summed E-state index contributed by atoms with van der Waals surface area (Å²) in [6.45, 7) is 4.33. The van der Waals surface area contributed by atoms with E-state index in [4.69, 9.17) is 4.74 Å². The number of carbonyl (C=O) groups excluding carboxylic acids is 2. The second-order valence-corrected chi connectivity index (χ2v) is 8.37. The highest BCUT2D eigenvalue weighted by atomic mass is 19.4. The maximum atomic E-state index is 13.0. The van der Waals surface area contributed by atoms with Crippen LogP contribution in [0.15, 0.2) is 42.5 Å². The number of quaternary nitrogens is 1. The fourth-order valence-corrected chi connectivity index (χ4v) is 4.35. The van der Waals surface area contributed by atoms with E-state index in [0.29, 0.717) is 37.6 Å². The summed E-state index contributed by atoms with van der Waals surface area (Å²) in [5.41, 5.74) is 2.06. The first kappa shape index (κ1) is 23.6. The predicted molar refractivity (Wildman–Crippen MR) is 122 cm³/mol. The van der Waals surface area contributed by atoms with Crippen molar-refractivity contribution in [2.24, 2.45) is 0 Å². The lowest BCUT2D eigenvalue weighted by Gasteiger charge is -2.33. The molecule has 2 heterocycles. The lowest BCUT2D eigenvalue weighted by Crippen LogP contribution is -3.15. The molecule has 10 heteroatoms. The molecule has 2 aromatic carbocycles. The molecule has 1 aliphatic heterocycles. The second kappa shape index (κ2) is 9.38. The molecule has 4 rings (SSSR count). The lowest BCUT2D eigenvalue weighted by molar-refractivity contribution is -0.892. The van der Waals surface area contributed by atoms with Crippen molar-refractivity contribution in [1.29, 1.82) is 0 Å². The van der Waals surface area contributed by atoms with Gasteiger partial charge in [0, 0.05) is 16.6 Å². The van der Waals surface area contributed by atoms with Crippen molar-refractivity contribution in [1.82, 2.24) is 4.98 Å². The van der Waals surface area contributed by atoms with Gasteiger partial charge in [-0.1, -0.05) is 18.2 Å². The number of aryl methyl sites for hydroxylation is 1. The number of H-pyrrole nitrogens is 1. The Morgan fingerprint density at radius 2 is 1.85 bits per heavy atom. The van der Waals surface area contributed by atoms with E-state index in [1.54, 1.807) is 6.07 Å². The molecule has 1 saturated heterocycles. The number of aromatic nitrogens is 1. The molecule has 0 bridgehead atoms. The van der Waals surface area contributed by atoms with E-state index >= 15 is 0 Å². The van der Waals surface area contributed by atoms with Crippen LogP contribution in [0, 0.1) is 6.92 Å². The summed E-state index contributed by atoms with van der Waals surface area (Å²) in [7, 11) is 1.28. The molecule has 1 amide bonds. The fourth-order valence-electron chi connectivity index (χ4n) is 4.35. The Bertz CT molecular complexity index is 1210. The van der Waals surface area contributed by atoms with E-state index in [0.717, 1.165) is 33.5 Å². The molecule has 0 unspecified atom stereocenters. The summed E-state index contributed by atoms with van der Waals surface area (Å²) in [6.07, 6.45) is -4.38. The Labute approximate surface area is 194 Å². The van der Waals surface area contributed by atoms with E-state index in [1.807, 2.05) is 30.0 Å². The standard InChI is InChI=1S/C24H25F3N4O3/c1-15-5-3-8-18-20(15)21(22(28-18)23(33)34-2)29-19(32)14-30-9-11-31(12-10-30)17-7-4-6-16(13-17)24(25,26)27/h3-8,13,28H,9-12,14H2,1-2H3,(H,29,32)/p+1. The Morgan fingerprint density at radius 3 is 2.53 bits per heavy atom. The van der Waals surface area contributed by atoms with E-state index in [2.05, 4.69) is 10.3 Å². The highest BCUT2D eigenvalue weighted by Crippen LogP contribution is 2.32. The van der Waals surface area contributed by atoms with Crippen LogP contribution in [0.25, 0.3) is 10.9 Å². The first-order chi connectivity index (χ1) is 16.2. The molecule has 0 radical (unpaired) electrons. The zero-order valence-electron chi connectivity index (χ0n) is 18.9. The Hall–Kier alpha value is -3.53. The molecule has 34 heavy (non-hydrogen) atoms. The summed E-state index contributed by atoms with van der Waals surface area (Å²) < 4.78 is 43.9. The van der Waals surface area contributed by atoms with Crippen molar-refractivity contribution in [3.63, 3.8) is 0 Å². The normalized spacial score (nSPS) is 14.9. The minimum Gasteiger partial charge on any atom is -0.464 e. The number of hydrogen-bond acceptors (Lipinski definition) is 4. The maximum Gasteiger partial charge on any atom is 0.416 e. The van der Waals surface area contributed by atoms with Crippen molar-refractivity contribution in [3.05, 3.63) is 59.3 Å². The number of benzene rings is 2. The van der Waals surface area contributed by atoms with Gasteiger partial charge in [-0.2, -0.15) is 13.2 Å². The van der Waals surface area contributed by atoms with Gasteiger partial charge in [-0.15, -0.1) is 0 Å². The first-order valence-corrected chi connectivity index (χ1v) is 10.9. The second-order valence-electron chi connectivity index (χ2n) is 8.37. The average Bonchev–Trinajstić information content (AvgIpc) is 3.18. The van der Waals surface area contributed by atoms with E-state index in [1.165, 1.54) is 13.2 Å². The number of ether oxygens (including phenoxy) is 1. The molecule has 1 aliphatic rings. The van der Waals surface area contributed by atoms with Crippen molar-refractivity contribution >= 4 is 34.2 Å². The minimum atomic E-state index is -4.38. The smallest absolute Gasteiger partial charge is 0.416 e. The largest absolute Gasteiger partial charge is 0.464 e. The van der Waals surface area contributed by atoms with Crippen LogP contribution in [0.2, 0.25) is 0 Å². The highest BCUT2D eigenvalue weighted by molar-refractivity contribution is 6.12. The summed E-state index contributed by atoms with van der Waals surface area (Å²) >= 11 is 0. The van der Waals surface area contributed by atoms with Gasteiger partial charge in [-0.25, -0.2) is 4.79 Å². The third-order valence-electron chi connectivity index (χ3n) is 6.11. The molecular formula is C24H26F3N4O3+. The van der Waals surface area contributed by atoms with Crippen LogP contribution in [-0.4, -0.2) is 56.7 Å². The lowest BCUT2D eigenvalue weighted by atomic mass is 10.1.